The topological polar surface area (TPSA) is 33.1 Å². The maximum absolute atomic E-state index is 13.0. The van der Waals surface area contributed by atoms with Crippen molar-refractivity contribution in [2.45, 2.75) is 19.4 Å². The highest BCUT2D eigenvalue weighted by atomic mass is 79.9. The molecule has 0 aliphatic heterocycles. The Balaban J connectivity index is 2.18. The van der Waals surface area contributed by atoms with Gasteiger partial charge in [-0.05, 0) is 42.3 Å². The normalized spacial score (nSPS) is 12.4. The van der Waals surface area contributed by atoms with E-state index in [0.29, 0.717) is 10.9 Å². The summed E-state index contributed by atoms with van der Waals surface area (Å²) in [4.78, 5) is 4.09. The predicted octanol–water partition coefficient (Wildman–Crippen LogP) is 3.57. The minimum absolute atomic E-state index is 0.292. The van der Waals surface area contributed by atoms with Crippen molar-refractivity contribution < 1.29 is 9.50 Å². The second kappa shape index (κ2) is 5.59. The molecule has 0 fully saturated rings. The van der Waals surface area contributed by atoms with Crippen LogP contribution in [-0.4, -0.2) is 10.1 Å². The van der Waals surface area contributed by atoms with Crippen molar-refractivity contribution in [2.75, 3.05) is 0 Å². The van der Waals surface area contributed by atoms with Crippen molar-refractivity contribution >= 4 is 15.9 Å². The van der Waals surface area contributed by atoms with Crippen LogP contribution in [0.5, 0.6) is 0 Å². The fourth-order valence-corrected chi connectivity index (χ4v) is 2.30. The first-order chi connectivity index (χ1) is 8.56. The Morgan fingerprint density at radius 1 is 1.33 bits per heavy atom. The van der Waals surface area contributed by atoms with Crippen LogP contribution in [0.1, 0.15) is 22.9 Å². The van der Waals surface area contributed by atoms with Gasteiger partial charge in [-0.3, -0.25) is 4.98 Å². The summed E-state index contributed by atoms with van der Waals surface area (Å²) in [7, 11) is 0. The molecule has 1 aromatic heterocycles. The minimum Gasteiger partial charge on any atom is -0.388 e. The summed E-state index contributed by atoms with van der Waals surface area (Å²) in [5.74, 6) is -0.292. The number of hydrogen-bond donors (Lipinski definition) is 1. The molecule has 0 bridgehead atoms. The zero-order chi connectivity index (χ0) is 13.1. The molecule has 18 heavy (non-hydrogen) atoms. The van der Waals surface area contributed by atoms with Crippen LogP contribution in [-0.2, 0) is 6.42 Å². The zero-order valence-electron chi connectivity index (χ0n) is 9.90. The second-order valence-electron chi connectivity index (χ2n) is 4.19. The highest BCUT2D eigenvalue weighted by Gasteiger charge is 2.11. The van der Waals surface area contributed by atoms with Crippen LogP contribution in [0, 0.1) is 12.7 Å². The fraction of sp³-hybridized carbons (Fsp3) is 0.214. The van der Waals surface area contributed by atoms with Gasteiger partial charge in [0.25, 0.3) is 0 Å². The van der Waals surface area contributed by atoms with Crippen LogP contribution in [0.15, 0.2) is 41.0 Å². The van der Waals surface area contributed by atoms with Gasteiger partial charge in [0.2, 0.25) is 0 Å². The summed E-state index contributed by atoms with van der Waals surface area (Å²) < 4.78 is 13.6. The Hall–Kier alpha value is -1.26. The average Bonchev–Trinajstić information content (AvgIpc) is 2.32. The Bertz CT molecular complexity index is 559. The molecule has 2 nitrogen and oxygen atoms in total. The maximum atomic E-state index is 13.0. The van der Waals surface area contributed by atoms with E-state index in [0.717, 1.165) is 16.8 Å². The highest BCUT2D eigenvalue weighted by Crippen LogP contribution is 2.24. The third kappa shape index (κ3) is 3.15. The highest BCUT2D eigenvalue weighted by molar-refractivity contribution is 9.10. The lowest BCUT2D eigenvalue weighted by molar-refractivity contribution is 0.178. The van der Waals surface area contributed by atoms with Gasteiger partial charge in [-0.15, -0.1) is 0 Å². The second-order valence-corrected chi connectivity index (χ2v) is 5.04. The Morgan fingerprint density at radius 2 is 2.11 bits per heavy atom. The van der Waals surface area contributed by atoms with Crippen molar-refractivity contribution in [1.29, 1.82) is 0 Å². The number of aryl methyl sites for hydroxylation is 1. The van der Waals surface area contributed by atoms with Crippen LogP contribution >= 0.6 is 15.9 Å². The summed E-state index contributed by atoms with van der Waals surface area (Å²) in [5, 5.41) is 10.1. The van der Waals surface area contributed by atoms with Gasteiger partial charge in [0.05, 0.1) is 6.10 Å². The lowest BCUT2D eigenvalue weighted by Gasteiger charge is -2.12. The zero-order valence-corrected chi connectivity index (χ0v) is 11.5. The molecule has 1 N–H and O–H groups in total. The van der Waals surface area contributed by atoms with E-state index in [4.69, 9.17) is 0 Å². The summed E-state index contributed by atoms with van der Waals surface area (Å²) in [6.07, 6.45) is 1.49. The molecule has 1 aromatic carbocycles. The van der Waals surface area contributed by atoms with Crippen LogP contribution in [0.3, 0.4) is 0 Å². The molecule has 0 amide bonds. The van der Waals surface area contributed by atoms with E-state index in [2.05, 4.69) is 20.9 Å². The first-order valence-electron chi connectivity index (χ1n) is 5.61. The summed E-state index contributed by atoms with van der Waals surface area (Å²) in [6, 6.07) is 8.11. The number of hydrogen-bond acceptors (Lipinski definition) is 2. The number of aliphatic hydroxyl groups is 1. The molecule has 4 heteroatoms. The van der Waals surface area contributed by atoms with Gasteiger partial charge in [-0.25, -0.2) is 4.39 Å². The van der Waals surface area contributed by atoms with Crippen molar-refractivity contribution in [2.24, 2.45) is 0 Å². The molecule has 0 saturated heterocycles. The minimum atomic E-state index is -0.617. The third-order valence-electron chi connectivity index (χ3n) is 2.73. The van der Waals surface area contributed by atoms with Gasteiger partial charge in [-0.1, -0.05) is 22.0 Å². The summed E-state index contributed by atoms with van der Waals surface area (Å²) in [6.45, 7) is 1.88. The molecule has 1 atom stereocenters. The van der Waals surface area contributed by atoms with Crippen LogP contribution in [0.4, 0.5) is 4.39 Å². The van der Waals surface area contributed by atoms with Gasteiger partial charge >= 0.3 is 0 Å². The van der Waals surface area contributed by atoms with Crippen molar-refractivity contribution in [3.05, 3.63) is 63.6 Å². The van der Waals surface area contributed by atoms with Crippen molar-refractivity contribution in [3.8, 4) is 0 Å². The van der Waals surface area contributed by atoms with E-state index in [1.54, 1.807) is 18.3 Å². The fourth-order valence-electron chi connectivity index (χ4n) is 1.79. The molecule has 94 valence electrons. The van der Waals surface area contributed by atoms with E-state index in [1.165, 1.54) is 12.1 Å². The van der Waals surface area contributed by atoms with Crippen LogP contribution < -0.4 is 0 Å². The van der Waals surface area contributed by atoms with E-state index in [9.17, 15) is 9.50 Å². The maximum Gasteiger partial charge on any atom is 0.124 e. The van der Waals surface area contributed by atoms with Crippen LogP contribution in [0.25, 0.3) is 0 Å². The van der Waals surface area contributed by atoms with E-state index >= 15 is 0 Å². The third-order valence-corrected chi connectivity index (χ3v) is 3.47. The smallest absolute Gasteiger partial charge is 0.124 e. The summed E-state index contributed by atoms with van der Waals surface area (Å²) in [5.41, 5.74) is 2.56. The van der Waals surface area contributed by atoms with Crippen molar-refractivity contribution in [3.63, 3.8) is 0 Å². The monoisotopic (exact) mass is 309 g/mol. The van der Waals surface area contributed by atoms with Gasteiger partial charge in [0, 0.05) is 22.8 Å². The number of nitrogens with zero attached hydrogens (tertiary/aromatic N) is 1. The largest absolute Gasteiger partial charge is 0.388 e. The lowest BCUT2D eigenvalue weighted by Crippen LogP contribution is -2.03. The molecule has 1 heterocycles. The number of benzene rings is 1. The quantitative estimate of drug-likeness (QED) is 0.940. The van der Waals surface area contributed by atoms with Gasteiger partial charge < -0.3 is 5.11 Å². The Kier molecular flexibility index (Phi) is 4.09. The van der Waals surface area contributed by atoms with Crippen molar-refractivity contribution in [1.82, 2.24) is 4.98 Å². The van der Waals surface area contributed by atoms with Crippen LogP contribution in [0.2, 0.25) is 0 Å². The lowest BCUT2D eigenvalue weighted by atomic mass is 10.0. The first kappa shape index (κ1) is 13.2. The standard InChI is InChI=1S/C14H13BrFNO/c1-9-6-11(4-5-17-9)14(18)7-10-2-3-12(16)8-13(10)15/h2-6,8,14,18H,7H2,1H3. The summed E-state index contributed by atoms with van der Waals surface area (Å²) >= 11 is 3.30. The van der Waals surface area contributed by atoms with Gasteiger partial charge in [0.15, 0.2) is 0 Å². The molecule has 0 aliphatic rings. The molecule has 1 unspecified atom stereocenters. The Morgan fingerprint density at radius 3 is 2.78 bits per heavy atom. The molecule has 2 rings (SSSR count). The number of pyridine rings is 1. The van der Waals surface area contributed by atoms with E-state index in [-0.39, 0.29) is 5.82 Å². The molecule has 0 radical (unpaired) electrons. The number of halogens is 2. The molecule has 2 aromatic rings. The number of aromatic nitrogens is 1. The average molecular weight is 310 g/mol. The van der Waals surface area contributed by atoms with Gasteiger partial charge in [0.1, 0.15) is 5.82 Å². The Labute approximate surface area is 114 Å². The molecule has 0 saturated carbocycles. The number of aliphatic hydroxyl groups excluding tert-OH is 1. The first-order valence-corrected chi connectivity index (χ1v) is 6.40. The SMILES string of the molecule is Cc1cc(C(O)Cc2ccc(F)cc2Br)ccn1. The molecular formula is C14H13BrFNO. The molecular weight excluding hydrogens is 297 g/mol. The molecule has 0 spiro atoms. The predicted molar refractivity (Wildman–Crippen MR) is 71.7 cm³/mol. The molecule has 0 aliphatic carbocycles. The van der Waals surface area contributed by atoms with E-state index in [1.807, 2.05) is 13.0 Å². The van der Waals surface area contributed by atoms with Gasteiger partial charge in [-0.2, -0.15) is 0 Å². The number of rotatable bonds is 3. The van der Waals surface area contributed by atoms with E-state index < -0.39 is 6.10 Å².